The summed E-state index contributed by atoms with van der Waals surface area (Å²) in [4.78, 5) is 0. The van der Waals surface area contributed by atoms with E-state index in [9.17, 15) is 0 Å². The Bertz CT molecular complexity index is 649. The zero-order valence-electron chi connectivity index (χ0n) is 11.1. The summed E-state index contributed by atoms with van der Waals surface area (Å²) < 4.78 is 2.08. The molecule has 0 aliphatic carbocycles. The van der Waals surface area contributed by atoms with Crippen LogP contribution < -0.4 is 4.57 Å². The first-order chi connectivity index (χ1) is 9.29. The molecule has 0 spiro atoms. The molecule has 2 rings (SSSR count). The molecule has 0 N–H and O–H groups in total. The molecule has 2 aromatic rings. The third kappa shape index (κ3) is 3.73. The van der Waals surface area contributed by atoms with Gasteiger partial charge < -0.3 is 0 Å². The van der Waals surface area contributed by atoms with Crippen molar-refractivity contribution >= 4 is 0 Å². The van der Waals surface area contributed by atoms with E-state index in [0.29, 0.717) is 6.42 Å². The highest BCUT2D eigenvalue weighted by Gasteiger charge is 2.04. The van der Waals surface area contributed by atoms with Crippen LogP contribution in [0.5, 0.6) is 0 Å². The molecule has 0 fully saturated rings. The van der Waals surface area contributed by atoms with Gasteiger partial charge in [0.1, 0.15) is 0 Å². The highest BCUT2D eigenvalue weighted by Crippen LogP contribution is 2.01. The van der Waals surface area contributed by atoms with E-state index < -0.39 is 0 Å². The van der Waals surface area contributed by atoms with Gasteiger partial charge in [-0.05, 0) is 25.1 Å². The fraction of sp³-hybridized carbons (Fsp3) is 0.167. The fourth-order valence-electron chi connectivity index (χ4n) is 1.74. The fourth-order valence-corrected chi connectivity index (χ4v) is 1.74. The van der Waals surface area contributed by atoms with E-state index >= 15 is 0 Å². The minimum atomic E-state index is 0.716. The summed E-state index contributed by atoms with van der Waals surface area (Å²) in [6.07, 6.45) is 8.03. The van der Waals surface area contributed by atoms with Crippen molar-refractivity contribution in [2.45, 2.75) is 19.9 Å². The first-order valence-corrected chi connectivity index (χ1v) is 6.30. The molecule has 0 unspecified atom stereocenters. The Balaban J connectivity index is 2.24. The second kappa shape index (κ2) is 6.43. The first-order valence-electron chi connectivity index (χ1n) is 6.30. The summed E-state index contributed by atoms with van der Waals surface area (Å²) in [5.74, 6) is 9.04. The smallest absolute Gasteiger partial charge is 0.190 e. The predicted molar refractivity (Wildman–Crippen MR) is 77.2 cm³/mol. The molecule has 0 saturated carbocycles. The molecule has 1 aromatic heterocycles. The molecule has 1 heteroatoms. The lowest BCUT2D eigenvalue weighted by atomic mass is 10.1. The zero-order chi connectivity index (χ0) is 13.5. The molecule has 0 aliphatic heterocycles. The van der Waals surface area contributed by atoms with Crippen molar-refractivity contribution in [2.24, 2.45) is 0 Å². The van der Waals surface area contributed by atoms with Gasteiger partial charge in [-0.3, -0.25) is 0 Å². The van der Waals surface area contributed by atoms with Crippen molar-refractivity contribution in [1.82, 2.24) is 0 Å². The Labute approximate surface area is 114 Å². The molecular weight excluding hydrogens is 230 g/mol. The van der Waals surface area contributed by atoms with Crippen LogP contribution in [0.25, 0.3) is 0 Å². The lowest BCUT2D eigenvalue weighted by Crippen LogP contribution is -2.36. The van der Waals surface area contributed by atoms with Gasteiger partial charge in [-0.25, -0.2) is 0 Å². The van der Waals surface area contributed by atoms with Crippen molar-refractivity contribution in [3.05, 3.63) is 65.5 Å². The maximum Gasteiger partial charge on any atom is 0.257 e. The summed E-state index contributed by atoms with van der Waals surface area (Å²) in [6.45, 7) is 2.87. The summed E-state index contributed by atoms with van der Waals surface area (Å²) in [5.41, 5.74) is 3.26. The lowest BCUT2D eigenvalue weighted by molar-refractivity contribution is -0.698. The van der Waals surface area contributed by atoms with Crippen molar-refractivity contribution in [3.63, 3.8) is 0 Å². The molecule has 0 aliphatic rings. The van der Waals surface area contributed by atoms with E-state index in [1.165, 1.54) is 5.56 Å². The standard InChI is InChI=1S/C18H16N/c1-3-4-14-19-15-6-5-7-18(19)13-12-17-10-8-16(2)9-11-17/h1,5-11,15H,4,14H2,2H3/q+1. The monoisotopic (exact) mass is 246 g/mol. The molecule has 1 aromatic carbocycles. The van der Waals surface area contributed by atoms with Crippen LogP contribution in [0.3, 0.4) is 0 Å². The number of aryl methyl sites for hydroxylation is 2. The van der Waals surface area contributed by atoms with E-state index in [-0.39, 0.29) is 0 Å². The summed E-state index contributed by atoms with van der Waals surface area (Å²) in [5, 5.41) is 0. The minimum Gasteiger partial charge on any atom is -0.190 e. The van der Waals surface area contributed by atoms with Crippen LogP contribution in [0.1, 0.15) is 23.2 Å². The molecule has 0 radical (unpaired) electrons. The number of benzene rings is 1. The van der Waals surface area contributed by atoms with Crippen molar-refractivity contribution in [3.8, 4) is 24.2 Å². The molecule has 19 heavy (non-hydrogen) atoms. The van der Waals surface area contributed by atoms with Crippen molar-refractivity contribution < 1.29 is 4.57 Å². The molecule has 0 saturated heterocycles. The average molecular weight is 246 g/mol. The number of hydrogen-bond donors (Lipinski definition) is 0. The molecule has 1 heterocycles. The van der Waals surface area contributed by atoms with Gasteiger partial charge >= 0.3 is 0 Å². The van der Waals surface area contributed by atoms with Gasteiger partial charge in [-0.2, -0.15) is 4.57 Å². The number of rotatable bonds is 2. The number of pyridine rings is 1. The van der Waals surface area contributed by atoms with E-state index in [0.717, 1.165) is 17.8 Å². The molecule has 1 nitrogen and oxygen atoms in total. The normalized spacial score (nSPS) is 9.26. The summed E-state index contributed by atoms with van der Waals surface area (Å²) >= 11 is 0. The van der Waals surface area contributed by atoms with Crippen LogP contribution >= 0.6 is 0 Å². The summed E-state index contributed by atoms with van der Waals surface area (Å²) in [7, 11) is 0. The topological polar surface area (TPSA) is 3.88 Å². The van der Waals surface area contributed by atoms with E-state index in [2.05, 4.69) is 41.4 Å². The van der Waals surface area contributed by atoms with Crippen LogP contribution in [-0.4, -0.2) is 0 Å². The second-order valence-corrected chi connectivity index (χ2v) is 4.35. The predicted octanol–water partition coefficient (Wildman–Crippen LogP) is 2.71. The number of nitrogens with zero attached hydrogens (tertiary/aromatic N) is 1. The third-order valence-corrected chi connectivity index (χ3v) is 2.82. The molecule has 0 atom stereocenters. The number of terminal acetylenes is 1. The molecule has 92 valence electrons. The Morgan fingerprint density at radius 2 is 1.84 bits per heavy atom. The Hall–Kier alpha value is -2.51. The van der Waals surface area contributed by atoms with Gasteiger partial charge in [0.05, 0.1) is 6.42 Å². The van der Waals surface area contributed by atoms with Gasteiger partial charge in [0, 0.05) is 23.6 Å². The van der Waals surface area contributed by atoms with Gasteiger partial charge in [-0.1, -0.05) is 23.6 Å². The van der Waals surface area contributed by atoms with E-state index in [4.69, 9.17) is 6.42 Å². The maximum atomic E-state index is 5.31. The number of hydrogen-bond acceptors (Lipinski definition) is 0. The third-order valence-electron chi connectivity index (χ3n) is 2.82. The zero-order valence-corrected chi connectivity index (χ0v) is 11.1. The minimum absolute atomic E-state index is 0.716. The number of aromatic nitrogens is 1. The second-order valence-electron chi connectivity index (χ2n) is 4.35. The Morgan fingerprint density at radius 3 is 2.58 bits per heavy atom. The molecule has 0 amide bonds. The quantitative estimate of drug-likeness (QED) is 0.566. The van der Waals surface area contributed by atoms with Gasteiger partial charge in [0.25, 0.3) is 5.69 Å². The van der Waals surface area contributed by atoms with Crippen LogP contribution in [0.2, 0.25) is 0 Å². The first kappa shape index (κ1) is 12.9. The highest BCUT2D eigenvalue weighted by molar-refractivity contribution is 5.39. The van der Waals surface area contributed by atoms with Crippen LogP contribution in [0, 0.1) is 31.1 Å². The van der Waals surface area contributed by atoms with Crippen LogP contribution in [0.15, 0.2) is 48.7 Å². The van der Waals surface area contributed by atoms with Gasteiger partial charge in [-0.15, -0.1) is 12.3 Å². The molecule has 0 bridgehead atoms. The van der Waals surface area contributed by atoms with E-state index in [1.54, 1.807) is 0 Å². The lowest BCUT2D eigenvalue weighted by Gasteiger charge is -1.95. The van der Waals surface area contributed by atoms with Gasteiger partial charge in [0.2, 0.25) is 0 Å². The highest BCUT2D eigenvalue weighted by atomic mass is 14.9. The van der Waals surface area contributed by atoms with E-state index in [1.807, 2.05) is 36.5 Å². The SMILES string of the molecule is C#CCC[n+]1ccccc1C#Cc1ccc(C)cc1. The van der Waals surface area contributed by atoms with Crippen molar-refractivity contribution in [1.29, 1.82) is 0 Å². The molecular formula is C18H16N+. The van der Waals surface area contributed by atoms with Gasteiger partial charge in [0.15, 0.2) is 12.7 Å². The Kier molecular flexibility index (Phi) is 4.38. The maximum absolute atomic E-state index is 5.31. The van der Waals surface area contributed by atoms with Crippen LogP contribution in [-0.2, 0) is 6.54 Å². The Morgan fingerprint density at radius 1 is 1.05 bits per heavy atom. The largest absolute Gasteiger partial charge is 0.257 e. The van der Waals surface area contributed by atoms with Crippen molar-refractivity contribution in [2.75, 3.05) is 0 Å². The van der Waals surface area contributed by atoms with Crippen LogP contribution in [0.4, 0.5) is 0 Å². The summed E-state index contributed by atoms with van der Waals surface area (Å²) in [6, 6.07) is 14.2. The average Bonchev–Trinajstić information content (AvgIpc) is 2.45.